The van der Waals surface area contributed by atoms with E-state index in [4.69, 9.17) is 5.11 Å². The molecule has 0 bridgehead atoms. The van der Waals surface area contributed by atoms with Crippen LogP contribution in [0.15, 0.2) is 11.6 Å². The molecule has 0 spiro atoms. The maximum atomic E-state index is 8.92. The first-order chi connectivity index (χ1) is 4.74. The number of hydrogen-bond donors (Lipinski definition) is 1. The zero-order valence-electron chi connectivity index (χ0n) is 6.80. The Balaban J connectivity index is 2.55. The zero-order chi connectivity index (χ0) is 7.56. The van der Waals surface area contributed by atoms with Crippen molar-refractivity contribution < 1.29 is 5.11 Å². The van der Waals surface area contributed by atoms with Crippen molar-refractivity contribution in [3.8, 4) is 0 Å². The van der Waals surface area contributed by atoms with Gasteiger partial charge >= 0.3 is 0 Å². The molecule has 0 saturated carbocycles. The van der Waals surface area contributed by atoms with Crippen LogP contribution in [0.5, 0.6) is 0 Å². The normalized spacial score (nSPS) is 33.7. The van der Waals surface area contributed by atoms with Gasteiger partial charge in [0.15, 0.2) is 0 Å². The van der Waals surface area contributed by atoms with Crippen LogP contribution < -0.4 is 0 Å². The number of aliphatic hydroxyl groups excluding tert-OH is 1. The molecule has 0 radical (unpaired) electrons. The summed E-state index contributed by atoms with van der Waals surface area (Å²) >= 11 is 0. The first-order valence-electron chi connectivity index (χ1n) is 4.02. The highest BCUT2D eigenvalue weighted by atomic mass is 16.3. The number of aliphatic hydroxyl groups is 1. The molecule has 1 heteroatoms. The van der Waals surface area contributed by atoms with Crippen LogP contribution in [0.25, 0.3) is 0 Å². The van der Waals surface area contributed by atoms with Gasteiger partial charge in [0, 0.05) is 6.61 Å². The lowest BCUT2D eigenvalue weighted by Crippen LogP contribution is -2.17. The van der Waals surface area contributed by atoms with Gasteiger partial charge in [0.2, 0.25) is 0 Å². The molecule has 0 aliphatic heterocycles. The van der Waals surface area contributed by atoms with E-state index in [-0.39, 0.29) is 0 Å². The fraction of sp³-hybridized carbons (Fsp3) is 0.778. The fourth-order valence-corrected chi connectivity index (χ4v) is 1.60. The minimum atomic E-state index is 0.352. The first kappa shape index (κ1) is 7.80. The third-order valence-corrected chi connectivity index (χ3v) is 2.43. The van der Waals surface area contributed by atoms with Gasteiger partial charge in [0.25, 0.3) is 0 Å². The van der Waals surface area contributed by atoms with Gasteiger partial charge in [-0.2, -0.15) is 0 Å². The van der Waals surface area contributed by atoms with E-state index < -0.39 is 0 Å². The van der Waals surface area contributed by atoms with E-state index in [1.807, 2.05) is 0 Å². The van der Waals surface area contributed by atoms with E-state index >= 15 is 0 Å². The van der Waals surface area contributed by atoms with Crippen LogP contribution in [0.3, 0.4) is 0 Å². The Bertz CT molecular complexity index is 138. The molecule has 0 saturated heterocycles. The molecule has 1 nitrogen and oxygen atoms in total. The average Bonchev–Trinajstić information content (AvgIpc) is 1.88. The van der Waals surface area contributed by atoms with Gasteiger partial charge in [-0.3, -0.25) is 0 Å². The highest BCUT2D eigenvalue weighted by molar-refractivity contribution is 5.05. The van der Waals surface area contributed by atoms with Crippen LogP contribution in [0.1, 0.15) is 26.7 Å². The molecule has 0 amide bonds. The van der Waals surface area contributed by atoms with Crippen molar-refractivity contribution in [3.05, 3.63) is 11.6 Å². The SMILES string of the molecule is CC1=CC(C)C(CO)CC1. The summed E-state index contributed by atoms with van der Waals surface area (Å²) in [5.74, 6) is 1.10. The summed E-state index contributed by atoms with van der Waals surface area (Å²) in [5.41, 5.74) is 1.48. The Morgan fingerprint density at radius 1 is 1.70 bits per heavy atom. The first-order valence-corrected chi connectivity index (χ1v) is 4.02. The van der Waals surface area contributed by atoms with Crippen molar-refractivity contribution in [1.29, 1.82) is 0 Å². The van der Waals surface area contributed by atoms with E-state index in [1.54, 1.807) is 0 Å². The van der Waals surface area contributed by atoms with Crippen molar-refractivity contribution in [2.45, 2.75) is 26.7 Å². The summed E-state index contributed by atoms with van der Waals surface area (Å²) in [7, 11) is 0. The summed E-state index contributed by atoms with van der Waals surface area (Å²) < 4.78 is 0. The minimum absolute atomic E-state index is 0.352. The third-order valence-electron chi connectivity index (χ3n) is 2.43. The number of allylic oxidation sites excluding steroid dienone is 2. The van der Waals surface area contributed by atoms with Gasteiger partial charge in [-0.15, -0.1) is 0 Å². The van der Waals surface area contributed by atoms with Crippen molar-refractivity contribution in [1.82, 2.24) is 0 Å². The van der Waals surface area contributed by atoms with E-state index in [9.17, 15) is 0 Å². The quantitative estimate of drug-likeness (QED) is 0.552. The highest BCUT2D eigenvalue weighted by Gasteiger charge is 2.18. The van der Waals surface area contributed by atoms with Crippen LogP contribution in [0.2, 0.25) is 0 Å². The largest absolute Gasteiger partial charge is 0.396 e. The van der Waals surface area contributed by atoms with Gasteiger partial charge in [0.05, 0.1) is 0 Å². The smallest absolute Gasteiger partial charge is 0.0464 e. The molecule has 0 heterocycles. The number of hydrogen-bond acceptors (Lipinski definition) is 1. The highest BCUT2D eigenvalue weighted by Crippen LogP contribution is 2.27. The van der Waals surface area contributed by atoms with Gasteiger partial charge in [-0.25, -0.2) is 0 Å². The average molecular weight is 140 g/mol. The lowest BCUT2D eigenvalue weighted by molar-refractivity contribution is 0.186. The zero-order valence-corrected chi connectivity index (χ0v) is 6.80. The molecular weight excluding hydrogens is 124 g/mol. The van der Waals surface area contributed by atoms with E-state index in [0.29, 0.717) is 18.4 Å². The maximum absolute atomic E-state index is 8.92. The molecular formula is C9H16O. The van der Waals surface area contributed by atoms with Gasteiger partial charge in [0.1, 0.15) is 0 Å². The molecule has 10 heavy (non-hydrogen) atoms. The molecule has 0 aromatic carbocycles. The van der Waals surface area contributed by atoms with Crippen molar-refractivity contribution in [3.63, 3.8) is 0 Å². The summed E-state index contributed by atoms with van der Waals surface area (Å²) in [5, 5.41) is 8.92. The summed E-state index contributed by atoms with van der Waals surface area (Å²) in [6.45, 7) is 4.71. The van der Waals surface area contributed by atoms with Gasteiger partial charge in [-0.05, 0) is 31.6 Å². The standard InChI is InChI=1S/C9H16O/c1-7-3-4-9(6-10)8(2)5-7/h5,8-10H,3-4,6H2,1-2H3. The Kier molecular flexibility index (Phi) is 2.50. The lowest BCUT2D eigenvalue weighted by Gasteiger charge is -2.24. The van der Waals surface area contributed by atoms with Crippen molar-refractivity contribution in [2.75, 3.05) is 6.61 Å². The fourth-order valence-electron chi connectivity index (χ4n) is 1.60. The molecule has 1 aliphatic rings. The predicted octanol–water partition coefficient (Wildman–Crippen LogP) is 1.97. The molecule has 0 fully saturated rings. The summed E-state index contributed by atoms with van der Waals surface area (Å²) in [6.07, 6.45) is 4.62. The second-order valence-electron chi connectivity index (χ2n) is 3.35. The van der Waals surface area contributed by atoms with Crippen LogP contribution >= 0.6 is 0 Å². The molecule has 2 atom stereocenters. The Hall–Kier alpha value is -0.300. The van der Waals surface area contributed by atoms with Gasteiger partial charge in [-0.1, -0.05) is 18.6 Å². The van der Waals surface area contributed by atoms with Crippen LogP contribution in [0.4, 0.5) is 0 Å². The Morgan fingerprint density at radius 2 is 2.40 bits per heavy atom. The molecule has 0 aromatic rings. The molecule has 1 rings (SSSR count). The number of rotatable bonds is 1. The predicted molar refractivity (Wildman–Crippen MR) is 42.7 cm³/mol. The second kappa shape index (κ2) is 3.20. The minimum Gasteiger partial charge on any atom is -0.396 e. The lowest BCUT2D eigenvalue weighted by atomic mass is 9.83. The van der Waals surface area contributed by atoms with Crippen molar-refractivity contribution in [2.24, 2.45) is 11.8 Å². The van der Waals surface area contributed by atoms with Crippen LogP contribution in [0, 0.1) is 11.8 Å². The summed E-state index contributed by atoms with van der Waals surface area (Å²) in [4.78, 5) is 0. The van der Waals surface area contributed by atoms with E-state index in [2.05, 4.69) is 19.9 Å². The van der Waals surface area contributed by atoms with E-state index in [1.165, 1.54) is 18.4 Å². The summed E-state index contributed by atoms with van der Waals surface area (Å²) in [6, 6.07) is 0. The van der Waals surface area contributed by atoms with Crippen molar-refractivity contribution >= 4 is 0 Å². The maximum Gasteiger partial charge on any atom is 0.0464 e. The van der Waals surface area contributed by atoms with Crippen LogP contribution in [-0.4, -0.2) is 11.7 Å². The topological polar surface area (TPSA) is 20.2 Å². The Labute approximate surface area is 62.8 Å². The third kappa shape index (κ3) is 1.60. The Morgan fingerprint density at radius 3 is 2.90 bits per heavy atom. The van der Waals surface area contributed by atoms with Gasteiger partial charge < -0.3 is 5.11 Å². The monoisotopic (exact) mass is 140 g/mol. The molecule has 1 aliphatic carbocycles. The molecule has 1 N–H and O–H groups in total. The molecule has 58 valence electrons. The van der Waals surface area contributed by atoms with E-state index in [0.717, 1.165) is 0 Å². The molecule has 0 aromatic heterocycles. The molecule has 2 unspecified atom stereocenters. The van der Waals surface area contributed by atoms with Crippen LogP contribution in [-0.2, 0) is 0 Å². The second-order valence-corrected chi connectivity index (χ2v) is 3.35.